The summed E-state index contributed by atoms with van der Waals surface area (Å²) in [4.78, 5) is 24.3. The second-order valence-electron chi connectivity index (χ2n) is 4.74. The maximum absolute atomic E-state index is 11.9. The SMILES string of the molecule is CCC1CCN(C(=O)NCc2ccc(C(=O)O)o2)C1. The molecular weight excluding hydrogens is 248 g/mol. The third-order valence-electron chi connectivity index (χ3n) is 3.44. The average molecular weight is 266 g/mol. The van der Waals surface area contributed by atoms with Crippen LogP contribution in [0.15, 0.2) is 16.5 Å². The molecule has 1 aromatic rings. The fourth-order valence-electron chi connectivity index (χ4n) is 2.21. The van der Waals surface area contributed by atoms with Crippen LogP contribution in [0.25, 0.3) is 0 Å². The minimum absolute atomic E-state index is 0.114. The zero-order chi connectivity index (χ0) is 13.8. The molecule has 1 saturated heterocycles. The van der Waals surface area contributed by atoms with E-state index in [-0.39, 0.29) is 18.3 Å². The summed E-state index contributed by atoms with van der Waals surface area (Å²) < 4.78 is 5.07. The Morgan fingerprint density at radius 2 is 2.32 bits per heavy atom. The molecule has 0 spiro atoms. The molecule has 1 atom stereocenters. The minimum Gasteiger partial charge on any atom is -0.475 e. The normalized spacial score (nSPS) is 18.6. The maximum Gasteiger partial charge on any atom is 0.371 e. The number of likely N-dealkylation sites (tertiary alicyclic amines) is 1. The van der Waals surface area contributed by atoms with Gasteiger partial charge in [-0.2, -0.15) is 0 Å². The van der Waals surface area contributed by atoms with Gasteiger partial charge in [-0.15, -0.1) is 0 Å². The number of nitrogens with zero attached hydrogens (tertiary/aromatic N) is 1. The molecule has 0 aliphatic carbocycles. The van der Waals surface area contributed by atoms with E-state index in [0.29, 0.717) is 11.7 Å². The molecule has 0 saturated carbocycles. The number of aromatic carboxylic acids is 1. The van der Waals surface area contributed by atoms with Gasteiger partial charge in [-0.05, 0) is 24.5 Å². The maximum atomic E-state index is 11.9. The second-order valence-corrected chi connectivity index (χ2v) is 4.74. The van der Waals surface area contributed by atoms with Gasteiger partial charge in [0.2, 0.25) is 5.76 Å². The number of carboxylic acid groups (broad SMARTS) is 1. The second kappa shape index (κ2) is 5.77. The molecule has 2 rings (SSSR count). The van der Waals surface area contributed by atoms with Gasteiger partial charge in [-0.25, -0.2) is 9.59 Å². The van der Waals surface area contributed by atoms with Gasteiger partial charge >= 0.3 is 12.0 Å². The predicted molar refractivity (Wildman–Crippen MR) is 67.9 cm³/mol. The van der Waals surface area contributed by atoms with E-state index >= 15 is 0 Å². The van der Waals surface area contributed by atoms with Gasteiger partial charge in [0.25, 0.3) is 0 Å². The molecule has 1 aromatic heterocycles. The van der Waals surface area contributed by atoms with Crippen molar-refractivity contribution >= 4 is 12.0 Å². The Morgan fingerprint density at radius 3 is 2.89 bits per heavy atom. The van der Waals surface area contributed by atoms with E-state index in [2.05, 4.69) is 12.2 Å². The molecule has 2 heterocycles. The van der Waals surface area contributed by atoms with Crippen LogP contribution in [0.5, 0.6) is 0 Å². The highest BCUT2D eigenvalue weighted by atomic mass is 16.4. The molecule has 1 unspecified atom stereocenters. The summed E-state index contributed by atoms with van der Waals surface area (Å²) in [7, 11) is 0. The summed E-state index contributed by atoms with van der Waals surface area (Å²) in [6.07, 6.45) is 2.14. The van der Waals surface area contributed by atoms with Crippen LogP contribution in [-0.4, -0.2) is 35.1 Å². The first kappa shape index (κ1) is 13.5. The van der Waals surface area contributed by atoms with E-state index in [9.17, 15) is 9.59 Å². The summed E-state index contributed by atoms with van der Waals surface area (Å²) in [6.45, 7) is 3.91. The lowest BCUT2D eigenvalue weighted by Crippen LogP contribution is -2.38. The third-order valence-corrected chi connectivity index (χ3v) is 3.44. The van der Waals surface area contributed by atoms with Crippen LogP contribution in [0.1, 0.15) is 36.1 Å². The highest BCUT2D eigenvalue weighted by Crippen LogP contribution is 2.18. The van der Waals surface area contributed by atoms with Crippen LogP contribution >= 0.6 is 0 Å². The van der Waals surface area contributed by atoms with E-state index in [1.54, 1.807) is 11.0 Å². The summed E-state index contributed by atoms with van der Waals surface area (Å²) in [5.74, 6) is -0.190. The van der Waals surface area contributed by atoms with E-state index in [4.69, 9.17) is 9.52 Å². The molecule has 104 valence electrons. The Hall–Kier alpha value is -1.98. The molecule has 19 heavy (non-hydrogen) atoms. The Morgan fingerprint density at radius 1 is 1.53 bits per heavy atom. The van der Waals surface area contributed by atoms with Crippen molar-refractivity contribution in [1.82, 2.24) is 10.2 Å². The molecule has 2 N–H and O–H groups in total. The number of urea groups is 1. The predicted octanol–water partition coefficient (Wildman–Crippen LogP) is 1.92. The van der Waals surface area contributed by atoms with E-state index in [1.807, 2.05) is 0 Å². The van der Waals surface area contributed by atoms with Crippen LogP contribution < -0.4 is 5.32 Å². The first-order valence-electron chi connectivity index (χ1n) is 6.45. The number of rotatable bonds is 4. The van der Waals surface area contributed by atoms with Gasteiger partial charge in [0.1, 0.15) is 5.76 Å². The average Bonchev–Trinajstić information content (AvgIpc) is 3.04. The van der Waals surface area contributed by atoms with Crippen molar-refractivity contribution in [2.24, 2.45) is 5.92 Å². The Labute approximate surface area is 111 Å². The lowest BCUT2D eigenvalue weighted by atomic mass is 10.1. The smallest absolute Gasteiger partial charge is 0.371 e. The number of amides is 2. The Kier molecular flexibility index (Phi) is 4.09. The number of hydrogen-bond acceptors (Lipinski definition) is 3. The van der Waals surface area contributed by atoms with Gasteiger partial charge in [-0.1, -0.05) is 13.3 Å². The quantitative estimate of drug-likeness (QED) is 0.872. The first-order chi connectivity index (χ1) is 9.10. The molecule has 6 nitrogen and oxygen atoms in total. The molecule has 1 fully saturated rings. The summed E-state index contributed by atoms with van der Waals surface area (Å²) in [5.41, 5.74) is 0. The largest absolute Gasteiger partial charge is 0.475 e. The zero-order valence-electron chi connectivity index (χ0n) is 10.9. The van der Waals surface area contributed by atoms with Crippen molar-refractivity contribution in [3.8, 4) is 0 Å². The lowest BCUT2D eigenvalue weighted by Gasteiger charge is -2.16. The molecule has 0 bridgehead atoms. The van der Waals surface area contributed by atoms with Crippen LogP contribution in [0.3, 0.4) is 0 Å². The van der Waals surface area contributed by atoms with Crippen molar-refractivity contribution in [2.75, 3.05) is 13.1 Å². The van der Waals surface area contributed by atoms with Crippen LogP contribution in [0.4, 0.5) is 4.79 Å². The number of carboxylic acids is 1. The van der Waals surface area contributed by atoms with Crippen molar-refractivity contribution in [3.63, 3.8) is 0 Å². The van der Waals surface area contributed by atoms with Crippen molar-refractivity contribution in [1.29, 1.82) is 0 Å². The fourth-order valence-corrected chi connectivity index (χ4v) is 2.21. The van der Waals surface area contributed by atoms with Crippen molar-refractivity contribution < 1.29 is 19.1 Å². The molecule has 1 aliphatic heterocycles. The molecular formula is C13H18N2O4. The Bertz CT molecular complexity index is 469. The van der Waals surface area contributed by atoms with Crippen molar-refractivity contribution in [2.45, 2.75) is 26.3 Å². The van der Waals surface area contributed by atoms with Gasteiger partial charge in [0, 0.05) is 13.1 Å². The molecule has 1 aliphatic rings. The molecule has 2 amide bonds. The van der Waals surface area contributed by atoms with Crippen molar-refractivity contribution in [3.05, 3.63) is 23.7 Å². The zero-order valence-corrected chi connectivity index (χ0v) is 10.9. The monoisotopic (exact) mass is 266 g/mol. The molecule has 0 aromatic carbocycles. The van der Waals surface area contributed by atoms with Crippen LogP contribution in [-0.2, 0) is 6.54 Å². The minimum atomic E-state index is -1.11. The van der Waals surface area contributed by atoms with E-state index in [0.717, 1.165) is 25.9 Å². The first-order valence-corrected chi connectivity index (χ1v) is 6.45. The Balaban J connectivity index is 1.81. The number of nitrogens with one attached hydrogen (secondary N) is 1. The summed E-state index contributed by atoms with van der Waals surface area (Å²) >= 11 is 0. The lowest BCUT2D eigenvalue weighted by molar-refractivity contribution is 0.0660. The summed E-state index contributed by atoms with van der Waals surface area (Å²) in [5, 5.41) is 11.5. The standard InChI is InChI=1S/C13H18N2O4/c1-2-9-5-6-15(8-9)13(18)14-7-10-3-4-11(19-10)12(16)17/h3-4,9H,2,5-8H2,1H3,(H,14,18)(H,16,17). The number of carbonyl (C=O) groups excluding carboxylic acids is 1. The third kappa shape index (κ3) is 3.27. The van der Waals surface area contributed by atoms with Gasteiger partial charge < -0.3 is 19.7 Å². The highest BCUT2D eigenvalue weighted by molar-refractivity contribution is 5.84. The topological polar surface area (TPSA) is 82.8 Å². The van der Waals surface area contributed by atoms with Gasteiger partial charge in [0.15, 0.2) is 0 Å². The highest BCUT2D eigenvalue weighted by Gasteiger charge is 2.24. The number of furan rings is 1. The summed E-state index contributed by atoms with van der Waals surface area (Å²) in [6, 6.07) is 2.82. The number of hydrogen-bond donors (Lipinski definition) is 2. The fraction of sp³-hybridized carbons (Fsp3) is 0.538. The van der Waals surface area contributed by atoms with Gasteiger partial charge in [-0.3, -0.25) is 0 Å². The van der Waals surface area contributed by atoms with Gasteiger partial charge in [0.05, 0.1) is 6.54 Å². The molecule has 6 heteroatoms. The van der Waals surface area contributed by atoms with Crippen LogP contribution in [0.2, 0.25) is 0 Å². The van der Waals surface area contributed by atoms with E-state index < -0.39 is 5.97 Å². The van der Waals surface area contributed by atoms with Crippen LogP contribution in [0, 0.1) is 5.92 Å². The molecule has 0 radical (unpaired) electrons. The van der Waals surface area contributed by atoms with E-state index in [1.165, 1.54) is 6.07 Å². The number of carbonyl (C=O) groups is 2.